The summed E-state index contributed by atoms with van der Waals surface area (Å²) in [4.78, 5) is 41.5. The minimum atomic E-state index is -1.92. The second-order valence-electron chi connectivity index (χ2n) is 8.21. The van der Waals surface area contributed by atoms with E-state index in [1.165, 1.54) is 10.8 Å². The molecule has 10 nitrogen and oxygen atoms in total. The summed E-state index contributed by atoms with van der Waals surface area (Å²) in [7, 11) is 0. The zero-order valence-electron chi connectivity index (χ0n) is 19.5. The normalized spacial score (nSPS) is 18.6. The van der Waals surface area contributed by atoms with Gasteiger partial charge >= 0.3 is 5.97 Å². The number of hydrogen-bond donors (Lipinski definition) is 1. The largest absolute Gasteiger partial charge is 0.459 e. The molecule has 0 radical (unpaired) electrons. The highest BCUT2D eigenvalue weighted by Crippen LogP contribution is 2.44. The molecule has 0 saturated carbocycles. The van der Waals surface area contributed by atoms with E-state index >= 15 is 0 Å². The number of nitrogens with one attached hydrogen (secondary N) is 1. The monoisotopic (exact) mass is 493 g/mol. The van der Waals surface area contributed by atoms with Crippen LogP contribution >= 0.6 is 0 Å². The van der Waals surface area contributed by atoms with Gasteiger partial charge in [0.15, 0.2) is 24.0 Å². The molecule has 1 N–H and O–H groups in total. The molecule has 0 unspecified atom stereocenters. The van der Waals surface area contributed by atoms with E-state index in [9.17, 15) is 19.6 Å². The van der Waals surface area contributed by atoms with Crippen LogP contribution in [0.2, 0.25) is 0 Å². The lowest BCUT2D eigenvalue weighted by Crippen LogP contribution is -2.41. The van der Waals surface area contributed by atoms with Gasteiger partial charge in [-0.1, -0.05) is 36.4 Å². The van der Waals surface area contributed by atoms with Gasteiger partial charge in [0, 0.05) is 11.1 Å². The average Bonchev–Trinajstić information content (AvgIpc) is 3.50. The van der Waals surface area contributed by atoms with Gasteiger partial charge in [-0.25, -0.2) is 14.3 Å². The van der Waals surface area contributed by atoms with Gasteiger partial charge < -0.3 is 14.8 Å². The molecule has 3 heterocycles. The number of aromatic nitrogens is 3. The Balaban J connectivity index is 1.55. The highest BCUT2D eigenvalue weighted by Gasteiger charge is 2.55. The van der Waals surface area contributed by atoms with Crippen molar-refractivity contribution in [1.29, 1.82) is 5.26 Å². The molecule has 182 valence electrons. The first-order valence-corrected chi connectivity index (χ1v) is 11.2. The molecule has 2 atom stereocenters. The minimum absolute atomic E-state index is 0.117. The van der Waals surface area contributed by atoms with E-state index in [1.807, 2.05) is 0 Å². The van der Waals surface area contributed by atoms with Crippen molar-refractivity contribution in [3.8, 4) is 6.07 Å². The Morgan fingerprint density at radius 1 is 1.08 bits per heavy atom. The van der Waals surface area contributed by atoms with Crippen LogP contribution in [0, 0.1) is 11.3 Å². The van der Waals surface area contributed by atoms with E-state index in [4.69, 9.17) is 9.47 Å². The van der Waals surface area contributed by atoms with Gasteiger partial charge in [-0.2, -0.15) is 10.4 Å². The summed E-state index contributed by atoms with van der Waals surface area (Å²) in [6.45, 7) is 1.56. The number of hydrogen-bond acceptors (Lipinski definition) is 8. The van der Waals surface area contributed by atoms with E-state index in [0.29, 0.717) is 17.4 Å². The van der Waals surface area contributed by atoms with Crippen LogP contribution in [0.4, 0.5) is 5.82 Å². The number of carbonyl (C=O) groups is 3. The third-order valence-electron chi connectivity index (χ3n) is 6.03. The maximum absolute atomic E-state index is 12.9. The van der Waals surface area contributed by atoms with Crippen LogP contribution in [0.5, 0.6) is 0 Å². The molecule has 2 aromatic heterocycles. The highest BCUT2D eigenvalue weighted by atomic mass is 16.6. The molecule has 0 spiro atoms. The Morgan fingerprint density at radius 3 is 2.41 bits per heavy atom. The fourth-order valence-electron chi connectivity index (χ4n) is 4.19. The molecular weight excluding hydrogens is 474 g/mol. The summed E-state index contributed by atoms with van der Waals surface area (Å²) in [6, 6.07) is 22.1. The molecule has 1 amide bonds. The second kappa shape index (κ2) is 9.39. The Bertz CT molecular complexity index is 1590. The van der Waals surface area contributed by atoms with Crippen LogP contribution < -0.4 is 5.32 Å². The van der Waals surface area contributed by atoms with Crippen LogP contribution in [-0.2, 0) is 19.9 Å². The van der Waals surface area contributed by atoms with E-state index in [2.05, 4.69) is 21.5 Å². The summed E-state index contributed by atoms with van der Waals surface area (Å²) in [6.07, 6.45) is 0.428. The molecule has 5 rings (SSSR count). The Kier molecular flexibility index (Phi) is 5.95. The number of benzene rings is 2. The molecule has 0 bridgehead atoms. The van der Waals surface area contributed by atoms with Crippen LogP contribution in [-0.4, -0.2) is 38.9 Å². The molecule has 0 aliphatic carbocycles. The topological polar surface area (TPSA) is 136 Å². The standard InChI is InChI=1S/C27H19N5O5/c1-17-21(14-33)37-27(15-28,23(17)36-26(35)19-10-6-3-7-11-19)22-13-12-20-24(29-16-30-32(20)22)31-25(34)18-8-4-2-5-9-18/h2-14,16,23H,1H3,(H,29,30,31,34)/t23-,27-/m0/s1. The maximum atomic E-state index is 12.9. The zero-order chi connectivity index (χ0) is 26.0. The Hall–Kier alpha value is -5.30. The average molecular weight is 493 g/mol. The predicted molar refractivity (Wildman–Crippen MR) is 130 cm³/mol. The van der Waals surface area contributed by atoms with E-state index in [-0.39, 0.29) is 34.3 Å². The van der Waals surface area contributed by atoms with Crippen molar-refractivity contribution in [3.63, 3.8) is 0 Å². The molecule has 37 heavy (non-hydrogen) atoms. The van der Waals surface area contributed by atoms with Crippen molar-refractivity contribution in [2.24, 2.45) is 0 Å². The lowest BCUT2D eigenvalue weighted by atomic mass is 9.91. The SMILES string of the molecule is CC1=C(C=O)O[C@@](C#N)(c2ccc3c(NC(=O)c4ccccc4)ncnn23)[C@H]1OC(=O)c1ccccc1. The van der Waals surface area contributed by atoms with E-state index in [1.54, 1.807) is 79.7 Å². The number of nitrogens with zero attached hydrogens (tertiary/aromatic N) is 4. The summed E-state index contributed by atoms with van der Waals surface area (Å²) in [5.41, 5.74) is -0.388. The van der Waals surface area contributed by atoms with Gasteiger partial charge in [0.25, 0.3) is 11.5 Å². The number of aldehydes is 1. The first-order valence-electron chi connectivity index (χ1n) is 11.2. The van der Waals surface area contributed by atoms with Gasteiger partial charge in [-0.05, 0) is 43.3 Å². The summed E-state index contributed by atoms with van der Waals surface area (Å²) >= 11 is 0. The molecular formula is C27H19N5O5. The minimum Gasteiger partial charge on any atom is -0.459 e. The third-order valence-corrected chi connectivity index (χ3v) is 6.03. The number of rotatable bonds is 6. The maximum Gasteiger partial charge on any atom is 0.338 e. The van der Waals surface area contributed by atoms with Crippen LogP contribution in [0.1, 0.15) is 33.3 Å². The predicted octanol–water partition coefficient (Wildman–Crippen LogP) is 3.43. The van der Waals surface area contributed by atoms with Crippen LogP contribution in [0.3, 0.4) is 0 Å². The van der Waals surface area contributed by atoms with Crippen molar-refractivity contribution in [3.05, 3.63) is 107 Å². The van der Waals surface area contributed by atoms with Crippen molar-refractivity contribution in [2.75, 3.05) is 5.32 Å². The lowest BCUT2D eigenvalue weighted by Gasteiger charge is -2.28. The highest BCUT2D eigenvalue weighted by molar-refractivity contribution is 6.05. The fraction of sp³-hybridized carbons (Fsp3) is 0.111. The number of nitriles is 1. The Labute approximate surface area is 210 Å². The van der Waals surface area contributed by atoms with Gasteiger partial charge in [-0.15, -0.1) is 0 Å². The first kappa shape index (κ1) is 23.4. The summed E-state index contributed by atoms with van der Waals surface area (Å²) in [5.74, 6) is -0.994. The molecule has 1 aliphatic heterocycles. The number of ether oxygens (including phenoxy) is 2. The molecule has 4 aromatic rings. The number of allylic oxidation sites excluding steroid dienone is 1. The van der Waals surface area contributed by atoms with Gasteiger partial charge in [-0.3, -0.25) is 9.59 Å². The smallest absolute Gasteiger partial charge is 0.338 e. The van der Waals surface area contributed by atoms with Crippen LogP contribution in [0.15, 0.2) is 90.5 Å². The fourth-order valence-corrected chi connectivity index (χ4v) is 4.19. The van der Waals surface area contributed by atoms with Gasteiger partial charge in [0.2, 0.25) is 0 Å². The quantitative estimate of drug-likeness (QED) is 0.319. The number of esters is 1. The van der Waals surface area contributed by atoms with E-state index < -0.39 is 17.7 Å². The number of anilines is 1. The number of fused-ring (bicyclic) bond motifs is 1. The third kappa shape index (κ3) is 3.98. The molecule has 10 heteroatoms. The molecule has 2 aromatic carbocycles. The second-order valence-corrected chi connectivity index (χ2v) is 8.21. The molecule has 0 saturated heterocycles. The van der Waals surface area contributed by atoms with Gasteiger partial charge in [0.05, 0.1) is 5.56 Å². The zero-order valence-corrected chi connectivity index (χ0v) is 19.5. The molecule has 1 aliphatic rings. The van der Waals surface area contributed by atoms with Crippen molar-refractivity contribution in [2.45, 2.75) is 18.6 Å². The number of amides is 1. The van der Waals surface area contributed by atoms with Crippen molar-refractivity contribution >= 4 is 29.5 Å². The molecule has 0 fully saturated rings. The lowest BCUT2D eigenvalue weighted by molar-refractivity contribution is -0.110. The summed E-state index contributed by atoms with van der Waals surface area (Å²) < 4.78 is 13.0. The van der Waals surface area contributed by atoms with E-state index in [0.717, 1.165) is 0 Å². The van der Waals surface area contributed by atoms with Gasteiger partial charge in [0.1, 0.15) is 23.6 Å². The van der Waals surface area contributed by atoms with Crippen molar-refractivity contribution in [1.82, 2.24) is 14.6 Å². The first-order chi connectivity index (χ1) is 18.0. The number of carbonyl (C=O) groups excluding carboxylic acids is 3. The Morgan fingerprint density at radius 2 is 1.76 bits per heavy atom. The van der Waals surface area contributed by atoms with Crippen molar-refractivity contribution < 1.29 is 23.9 Å². The summed E-state index contributed by atoms with van der Waals surface area (Å²) in [5, 5.41) is 17.3. The van der Waals surface area contributed by atoms with Crippen LogP contribution in [0.25, 0.3) is 5.52 Å².